The van der Waals surface area contributed by atoms with Crippen molar-refractivity contribution >= 4 is 23.3 Å². The predicted molar refractivity (Wildman–Crippen MR) is 89.9 cm³/mol. The van der Waals surface area contributed by atoms with Crippen molar-refractivity contribution in [3.63, 3.8) is 0 Å². The Labute approximate surface area is 147 Å². The van der Waals surface area contributed by atoms with E-state index in [9.17, 15) is 14.3 Å². The molecular weight excluding hydrogens is 339 g/mol. The van der Waals surface area contributed by atoms with Crippen molar-refractivity contribution in [3.05, 3.63) is 64.8 Å². The van der Waals surface area contributed by atoms with Crippen LogP contribution in [-0.2, 0) is 4.79 Å². The molecule has 0 aliphatic carbocycles. The lowest BCUT2D eigenvalue weighted by Crippen LogP contribution is -2.37. The summed E-state index contributed by atoms with van der Waals surface area (Å²) in [5, 5.41) is 30.4. The molecule has 0 atom stereocenters. The van der Waals surface area contributed by atoms with E-state index in [2.05, 4.69) is 26.0 Å². The molecule has 0 unspecified atom stereocenters. The van der Waals surface area contributed by atoms with Gasteiger partial charge in [0.25, 0.3) is 0 Å². The fourth-order valence-electron chi connectivity index (χ4n) is 2.26. The van der Waals surface area contributed by atoms with Gasteiger partial charge in [0.1, 0.15) is 5.82 Å². The fraction of sp³-hybridized carbons (Fsp3) is 0.118. The van der Waals surface area contributed by atoms with Gasteiger partial charge in [-0.1, -0.05) is 24.3 Å². The molecule has 9 heteroatoms. The summed E-state index contributed by atoms with van der Waals surface area (Å²) in [5.74, 6) is -0.717. The Balaban J connectivity index is 1.71. The standard InChI is InChI=1S/C17H15FN6O2/c1-24(10-15(25)19-14-8-6-13(18)7-9-14)17(26)12-4-2-11(3-5-12)16-20-22-23-21-16/h2-9,26H,10H2,1H3,(H,19,25)/p-1. The molecule has 0 bridgehead atoms. The van der Waals surface area contributed by atoms with E-state index >= 15 is 0 Å². The summed E-state index contributed by atoms with van der Waals surface area (Å²) in [7, 11) is 1.52. The third-order valence-electron chi connectivity index (χ3n) is 3.56. The van der Waals surface area contributed by atoms with Crippen molar-refractivity contribution in [1.82, 2.24) is 4.90 Å². The van der Waals surface area contributed by atoms with E-state index in [0.29, 0.717) is 21.9 Å². The fourth-order valence-corrected chi connectivity index (χ4v) is 2.26. The molecule has 0 aromatic heterocycles. The van der Waals surface area contributed by atoms with Crippen molar-refractivity contribution < 1.29 is 14.3 Å². The molecule has 2 aromatic rings. The molecule has 1 aliphatic rings. The average molecular weight is 353 g/mol. The maximum absolute atomic E-state index is 12.9. The van der Waals surface area contributed by atoms with Crippen molar-refractivity contribution in [2.24, 2.45) is 20.7 Å². The predicted octanol–water partition coefficient (Wildman–Crippen LogP) is 0.721. The SMILES string of the molecule is CN(CC(=O)Nc1ccc(F)cc1)C([O-])=c1ccc(=C2N=NN=N2)cc1. The number of rotatable bonds is 4. The summed E-state index contributed by atoms with van der Waals surface area (Å²) < 4.78 is 12.9. The first-order valence-corrected chi connectivity index (χ1v) is 7.63. The molecule has 0 saturated carbocycles. The summed E-state index contributed by atoms with van der Waals surface area (Å²) in [4.78, 5) is 13.3. The van der Waals surface area contributed by atoms with Crippen LogP contribution in [-0.4, -0.2) is 24.4 Å². The Morgan fingerprint density at radius 2 is 1.69 bits per heavy atom. The number of amides is 1. The Morgan fingerprint density at radius 3 is 2.31 bits per heavy atom. The summed E-state index contributed by atoms with van der Waals surface area (Å²) in [5.41, 5.74) is 0.457. The topological polar surface area (TPSA) is 105 Å². The molecule has 0 saturated heterocycles. The van der Waals surface area contributed by atoms with Gasteiger partial charge in [-0.25, -0.2) is 4.39 Å². The number of anilines is 1. The van der Waals surface area contributed by atoms with Crippen LogP contribution in [0.5, 0.6) is 0 Å². The number of hydrogen-bond donors (Lipinski definition) is 1. The van der Waals surface area contributed by atoms with E-state index in [-0.39, 0.29) is 18.3 Å². The van der Waals surface area contributed by atoms with Crippen LogP contribution in [0.2, 0.25) is 0 Å². The van der Waals surface area contributed by atoms with Gasteiger partial charge in [-0.05, 0) is 45.8 Å². The first kappa shape index (κ1) is 17.2. The molecule has 1 heterocycles. The average Bonchev–Trinajstić information content (AvgIpc) is 3.18. The number of carbonyl (C=O) groups is 1. The highest BCUT2D eigenvalue weighted by molar-refractivity contribution is 5.92. The highest BCUT2D eigenvalue weighted by Crippen LogP contribution is 2.08. The van der Waals surface area contributed by atoms with Gasteiger partial charge >= 0.3 is 0 Å². The third kappa shape index (κ3) is 4.07. The zero-order chi connectivity index (χ0) is 18.5. The van der Waals surface area contributed by atoms with Crippen molar-refractivity contribution in [2.75, 3.05) is 18.9 Å². The first-order valence-electron chi connectivity index (χ1n) is 7.63. The lowest BCUT2D eigenvalue weighted by Gasteiger charge is -2.26. The molecule has 132 valence electrons. The second-order valence-electron chi connectivity index (χ2n) is 5.50. The van der Waals surface area contributed by atoms with E-state index in [1.807, 2.05) is 0 Å². The molecule has 1 N–H and O–H groups in total. The van der Waals surface area contributed by atoms with Crippen LogP contribution in [0.25, 0.3) is 11.7 Å². The van der Waals surface area contributed by atoms with Crippen LogP contribution in [0.1, 0.15) is 0 Å². The molecule has 3 rings (SSSR count). The lowest BCUT2D eigenvalue weighted by molar-refractivity contribution is -0.270. The van der Waals surface area contributed by atoms with Crippen molar-refractivity contribution in [2.45, 2.75) is 0 Å². The molecule has 26 heavy (non-hydrogen) atoms. The zero-order valence-electron chi connectivity index (χ0n) is 13.8. The van der Waals surface area contributed by atoms with Crippen LogP contribution >= 0.6 is 0 Å². The van der Waals surface area contributed by atoms with Crippen molar-refractivity contribution in [1.29, 1.82) is 0 Å². The summed E-state index contributed by atoms with van der Waals surface area (Å²) in [6.45, 7) is -0.141. The first-order chi connectivity index (χ1) is 12.5. The summed E-state index contributed by atoms with van der Waals surface area (Å²) >= 11 is 0. The van der Waals surface area contributed by atoms with Crippen LogP contribution in [0.4, 0.5) is 10.1 Å². The van der Waals surface area contributed by atoms with Gasteiger partial charge < -0.3 is 15.3 Å². The smallest absolute Gasteiger partial charge is 0.243 e. The van der Waals surface area contributed by atoms with Gasteiger partial charge in [0.2, 0.25) is 11.7 Å². The van der Waals surface area contributed by atoms with E-state index in [1.165, 1.54) is 36.2 Å². The van der Waals surface area contributed by atoms with E-state index < -0.39 is 5.82 Å². The van der Waals surface area contributed by atoms with E-state index in [1.54, 1.807) is 24.3 Å². The second-order valence-corrected chi connectivity index (χ2v) is 5.50. The number of nitrogens with zero attached hydrogens (tertiary/aromatic N) is 5. The largest absolute Gasteiger partial charge is 0.860 e. The molecule has 8 nitrogen and oxygen atoms in total. The second kappa shape index (κ2) is 7.51. The van der Waals surface area contributed by atoms with E-state index in [4.69, 9.17) is 0 Å². The summed E-state index contributed by atoms with van der Waals surface area (Å²) in [6.07, 6.45) is 0. The Hall–Kier alpha value is -3.62. The highest BCUT2D eigenvalue weighted by Gasteiger charge is 2.06. The van der Waals surface area contributed by atoms with Gasteiger partial charge in [-0.3, -0.25) is 4.79 Å². The minimum atomic E-state index is -0.391. The Morgan fingerprint density at radius 1 is 1.08 bits per heavy atom. The van der Waals surface area contributed by atoms with Crippen LogP contribution in [0, 0.1) is 5.82 Å². The molecular formula is C17H14FN6O2-. The van der Waals surface area contributed by atoms with Gasteiger partial charge in [0, 0.05) is 18.0 Å². The van der Waals surface area contributed by atoms with Gasteiger partial charge in [0.15, 0.2) is 0 Å². The number of likely N-dealkylation sites (N-methyl/N-ethyl adjacent to an activating group) is 1. The molecule has 1 aliphatic heterocycles. The highest BCUT2D eigenvalue weighted by atomic mass is 19.1. The van der Waals surface area contributed by atoms with Gasteiger partial charge in [-0.2, -0.15) is 0 Å². The lowest BCUT2D eigenvalue weighted by atomic mass is 10.2. The maximum Gasteiger partial charge on any atom is 0.243 e. The number of hydrogen-bond acceptors (Lipinski definition) is 7. The molecule has 1 amide bonds. The van der Waals surface area contributed by atoms with Gasteiger partial charge in [-0.15, -0.1) is 10.2 Å². The van der Waals surface area contributed by atoms with Gasteiger partial charge in [0.05, 0.1) is 6.54 Å². The number of halogens is 1. The summed E-state index contributed by atoms with van der Waals surface area (Å²) in [6, 6.07) is 12.0. The third-order valence-corrected chi connectivity index (χ3v) is 3.56. The molecule has 0 radical (unpaired) electrons. The quantitative estimate of drug-likeness (QED) is 0.875. The zero-order valence-corrected chi connectivity index (χ0v) is 13.8. The maximum atomic E-state index is 12.9. The van der Waals surface area contributed by atoms with E-state index in [0.717, 1.165) is 0 Å². The van der Waals surface area contributed by atoms with Crippen LogP contribution in [0.3, 0.4) is 0 Å². The number of nitrogens with one attached hydrogen (secondary N) is 1. The van der Waals surface area contributed by atoms with Crippen LogP contribution in [0.15, 0.2) is 69.2 Å². The Kier molecular flexibility index (Phi) is 4.97. The molecule has 0 fully saturated rings. The monoisotopic (exact) mass is 353 g/mol. The number of benzene rings is 2. The number of carbonyl (C=O) groups excluding carboxylic acids is 1. The molecule has 0 spiro atoms. The minimum absolute atomic E-state index is 0.141. The van der Waals surface area contributed by atoms with Crippen molar-refractivity contribution in [3.8, 4) is 0 Å². The van der Waals surface area contributed by atoms with Crippen LogP contribution < -0.4 is 20.9 Å². The molecule has 2 aromatic carbocycles. The minimum Gasteiger partial charge on any atom is -0.860 e. The Bertz CT molecular complexity index is 963. The normalized spacial score (nSPS) is 12.3.